The van der Waals surface area contributed by atoms with Gasteiger partial charge in [0.05, 0.1) is 12.1 Å². The van der Waals surface area contributed by atoms with Gasteiger partial charge in [0, 0.05) is 19.5 Å². The Kier molecular flexibility index (Phi) is 6.16. The van der Waals surface area contributed by atoms with Crippen LogP contribution in [-0.4, -0.2) is 37.4 Å². The summed E-state index contributed by atoms with van der Waals surface area (Å²) >= 11 is 6.27. The first-order chi connectivity index (χ1) is 11.6. The van der Waals surface area contributed by atoms with Crippen LogP contribution in [0.3, 0.4) is 0 Å². The number of benzene rings is 1. The Balaban J connectivity index is 2.06. The second-order valence-electron chi connectivity index (χ2n) is 7.98. The molecule has 0 heterocycles. The molecule has 0 fully saturated rings. The van der Waals surface area contributed by atoms with Crippen LogP contribution in [0.4, 0.5) is 4.79 Å². The fourth-order valence-corrected chi connectivity index (χ4v) is 4.08. The van der Waals surface area contributed by atoms with E-state index in [2.05, 4.69) is 25.0 Å². The van der Waals surface area contributed by atoms with Crippen molar-refractivity contribution in [1.82, 2.24) is 5.32 Å². The fourth-order valence-electron chi connectivity index (χ4n) is 3.11. The van der Waals surface area contributed by atoms with Gasteiger partial charge in [-0.3, -0.25) is 4.79 Å². The number of aliphatic carboxylic acids is 1. The minimum absolute atomic E-state index is 0.0131. The zero-order valence-corrected chi connectivity index (χ0v) is 16.8. The monoisotopic (exact) mass is 383 g/mol. The van der Waals surface area contributed by atoms with E-state index in [1.165, 1.54) is 0 Å². The maximum atomic E-state index is 12.3. The van der Waals surface area contributed by atoms with Gasteiger partial charge >= 0.3 is 12.1 Å². The Labute approximate surface area is 154 Å². The molecule has 1 amide bonds. The molecule has 1 unspecified atom stereocenters. The third kappa shape index (κ3) is 5.75. The van der Waals surface area contributed by atoms with Gasteiger partial charge in [-0.2, -0.15) is 0 Å². The molecule has 1 atom stereocenters. The van der Waals surface area contributed by atoms with Crippen molar-refractivity contribution in [3.8, 4) is 0 Å². The van der Waals surface area contributed by atoms with Gasteiger partial charge in [-0.05, 0) is 42.5 Å². The predicted molar refractivity (Wildman–Crippen MR) is 101 cm³/mol. The van der Waals surface area contributed by atoms with E-state index in [1.54, 1.807) is 0 Å². The Bertz CT molecular complexity index is 659. The highest BCUT2D eigenvalue weighted by molar-refractivity contribution is 6.76. The number of fused-ring (bicyclic) bond motifs is 1. The van der Waals surface area contributed by atoms with Gasteiger partial charge in [-0.25, -0.2) is 4.79 Å². The summed E-state index contributed by atoms with van der Waals surface area (Å²) in [5.74, 6) is -0.879. The van der Waals surface area contributed by atoms with Gasteiger partial charge in [-0.1, -0.05) is 43.4 Å². The Morgan fingerprint density at radius 3 is 2.64 bits per heavy atom. The van der Waals surface area contributed by atoms with Gasteiger partial charge < -0.3 is 15.2 Å². The lowest BCUT2D eigenvalue weighted by atomic mass is 9.90. The third-order valence-corrected chi connectivity index (χ3v) is 6.59. The average Bonchev–Trinajstić information content (AvgIpc) is 2.84. The van der Waals surface area contributed by atoms with E-state index < -0.39 is 25.7 Å². The third-order valence-electron chi connectivity index (χ3n) is 4.53. The van der Waals surface area contributed by atoms with Crippen molar-refractivity contribution in [2.45, 2.75) is 56.9 Å². The molecule has 1 aromatic carbocycles. The second kappa shape index (κ2) is 7.79. The van der Waals surface area contributed by atoms with Crippen LogP contribution in [0, 0.1) is 0 Å². The fraction of sp³-hybridized carbons (Fsp3) is 0.556. The van der Waals surface area contributed by atoms with Crippen molar-refractivity contribution in [3.05, 3.63) is 34.3 Å². The summed E-state index contributed by atoms with van der Waals surface area (Å²) in [6, 6.07) is 6.57. The number of carbonyl (C=O) groups is 2. The molecule has 138 valence electrons. The summed E-state index contributed by atoms with van der Waals surface area (Å²) in [6.45, 7) is 7.05. The Morgan fingerprint density at radius 2 is 2.04 bits per heavy atom. The first kappa shape index (κ1) is 19.8. The molecule has 0 saturated carbocycles. The summed E-state index contributed by atoms with van der Waals surface area (Å²) < 4.78 is 5.35. The number of hydrogen-bond donors (Lipinski definition) is 2. The number of nitrogens with one attached hydrogen (secondary N) is 1. The van der Waals surface area contributed by atoms with E-state index in [1.807, 2.05) is 18.2 Å². The second-order valence-corrected chi connectivity index (χ2v) is 14.0. The van der Waals surface area contributed by atoms with Crippen LogP contribution in [0.1, 0.15) is 24.0 Å². The normalized spacial score (nSPS) is 19.4. The van der Waals surface area contributed by atoms with Gasteiger partial charge in [0.2, 0.25) is 0 Å². The zero-order chi connectivity index (χ0) is 18.7. The van der Waals surface area contributed by atoms with Crippen LogP contribution in [0.5, 0.6) is 0 Å². The van der Waals surface area contributed by atoms with Gasteiger partial charge in [0.1, 0.15) is 0 Å². The lowest BCUT2D eigenvalue weighted by Gasteiger charge is -2.30. The number of halogens is 1. The van der Waals surface area contributed by atoms with Crippen LogP contribution in [0.2, 0.25) is 30.7 Å². The van der Waals surface area contributed by atoms with Crippen molar-refractivity contribution in [3.63, 3.8) is 0 Å². The number of ether oxygens (including phenoxy) is 1. The van der Waals surface area contributed by atoms with E-state index in [-0.39, 0.29) is 6.42 Å². The molecule has 1 aliphatic carbocycles. The lowest BCUT2D eigenvalue weighted by molar-refractivity contribution is -0.137. The summed E-state index contributed by atoms with van der Waals surface area (Å²) in [5.41, 5.74) is 1.39. The topological polar surface area (TPSA) is 75.6 Å². The average molecular weight is 384 g/mol. The number of carboxylic acid groups (broad SMARTS) is 1. The van der Waals surface area contributed by atoms with E-state index >= 15 is 0 Å². The van der Waals surface area contributed by atoms with Crippen LogP contribution in [0.25, 0.3) is 0 Å². The summed E-state index contributed by atoms with van der Waals surface area (Å²) in [4.78, 5) is 23.3. The highest BCUT2D eigenvalue weighted by Gasteiger charge is 2.40. The molecule has 0 radical (unpaired) electrons. The van der Waals surface area contributed by atoms with Crippen LogP contribution < -0.4 is 5.32 Å². The van der Waals surface area contributed by atoms with Gasteiger partial charge in [-0.15, -0.1) is 0 Å². The first-order valence-electron chi connectivity index (χ1n) is 8.53. The highest BCUT2D eigenvalue weighted by Crippen LogP contribution is 2.37. The molecular weight excluding hydrogens is 358 g/mol. The maximum absolute atomic E-state index is 12.3. The van der Waals surface area contributed by atoms with E-state index in [0.29, 0.717) is 30.9 Å². The van der Waals surface area contributed by atoms with Gasteiger partial charge in [0.25, 0.3) is 0 Å². The molecule has 0 saturated heterocycles. The molecule has 0 bridgehead atoms. The number of carbonyl (C=O) groups excluding carboxylic acids is 1. The molecule has 1 aromatic rings. The molecule has 0 aliphatic heterocycles. The quantitative estimate of drug-likeness (QED) is 0.695. The van der Waals surface area contributed by atoms with Crippen LogP contribution >= 0.6 is 11.6 Å². The van der Waals surface area contributed by atoms with E-state index in [9.17, 15) is 9.59 Å². The number of amides is 1. The molecule has 0 aromatic heterocycles. The highest BCUT2D eigenvalue weighted by atomic mass is 35.5. The van der Waals surface area contributed by atoms with Gasteiger partial charge in [0.15, 0.2) is 0 Å². The maximum Gasteiger partial charge on any atom is 0.407 e. The summed E-state index contributed by atoms with van der Waals surface area (Å²) in [7, 11) is -1.28. The minimum Gasteiger partial charge on any atom is -0.481 e. The first-order valence-corrected chi connectivity index (χ1v) is 12.6. The zero-order valence-electron chi connectivity index (χ0n) is 15.0. The lowest BCUT2D eigenvalue weighted by Crippen LogP contribution is -2.50. The number of hydrogen-bond acceptors (Lipinski definition) is 3. The molecule has 7 heteroatoms. The molecular formula is C18H26ClNO4Si. The van der Waals surface area contributed by atoms with Crippen molar-refractivity contribution < 1.29 is 19.4 Å². The van der Waals surface area contributed by atoms with E-state index in [4.69, 9.17) is 21.4 Å². The number of carboxylic acids is 1. The summed E-state index contributed by atoms with van der Waals surface area (Å²) in [5, 5.41) is 12.7. The van der Waals surface area contributed by atoms with Crippen molar-refractivity contribution in [2.24, 2.45) is 0 Å². The SMILES string of the molecule is C[Si](C)(C)CCOC(=O)NC1(CCC(=O)O)Cc2cccc(Cl)c2C1. The molecule has 2 N–H and O–H groups in total. The van der Waals surface area contributed by atoms with Crippen molar-refractivity contribution in [2.75, 3.05) is 6.61 Å². The smallest absolute Gasteiger partial charge is 0.407 e. The Hall–Kier alpha value is -1.53. The van der Waals surface area contributed by atoms with Crippen molar-refractivity contribution in [1.29, 1.82) is 0 Å². The summed E-state index contributed by atoms with van der Waals surface area (Å²) in [6.07, 6.45) is 0.946. The molecule has 2 rings (SSSR count). The largest absolute Gasteiger partial charge is 0.481 e. The Morgan fingerprint density at radius 1 is 1.32 bits per heavy atom. The standard InChI is InChI=1S/C18H26ClNO4Si/c1-25(2,3)10-9-24-17(23)20-18(8-7-16(21)22)11-13-5-4-6-15(19)14(13)12-18/h4-6H,7-12H2,1-3H3,(H,20,23)(H,21,22). The van der Waals surface area contributed by atoms with Crippen molar-refractivity contribution >= 4 is 31.7 Å². The van der Waals surface area contributed by atoms with Crippen LogP contribution in [-0.2, 0) is 22.4 Å². The molecule has 5 nitrogen and oxygen atoms in total. The van der Waals surface area contributed by atoms with Crippen LogP contribution in [0.15, 0.2) is 18.2 Å². The number of alkyl carbamates (subject to hydrolysis) is 1. The molecule has 0 spiro atoms. The molecule has 1 aliphatic rings. The number of rotatable bonds is 7. The molecule has 25 heavy (non-hydrogen) atoms. The van der Waals surface area contributed by atoms with E-state index in [0.717, 1.165) is 17.2 Å². The minimum atomic E-state index is -1.28. The predicted octanol–water partition coefficient (Wildman–Crippen LogP) is 4.11.